The topological polar surface area (TPSA) is 66.4 Å². The monoisotopic (exact) mass is 397 g/mol. The first-order chi connectivity index (χ1) is 12.7. The van der Waals surface area contributed by atoms with E-state index in [2.05, 4.69) is 5.32 Å². The molecule has 0 aliphatic rings. The van der Waals surface area contributed by atoms with Gasteiger partial charge in [-0.3, -0.25) is 9.59 Å². The van der Waals surface area contributed by atoms with Crippen LogP contribution in [-0.2, 0) is 22.2 Å². The minimum Gasteiger partial charge on any atom is -0.481 e. The number of carbonyl (C=O) groups excluding carboxylic acids is 1. The van der Waals surface area contributed by atoms with Gasteiger partial charge in [0.15, 0.2) is 0 Å². The van der Waals surface area contributed by atoms with Crippen molar-refractivity contribution in [1.82, 2.24) is 5.32 Å². The molecule has 1 atom stereocenters. The van der Waals surface area contributed by atoms with Gasteiger partial charge in [-0.25, -0.2) is 0 Å². The lowest BCUT2D eigenvalue weighted by Gasteiger charge is -2.19. The minimum atomic E-state index is -4.56. The van der Waals surface area contributed by atoms with Crippen molar-refractivity contribution in [3.05, 3.63) is 65.2 Å². The number of carbonyl (C=O) groups is 2. The number of carboxylic acids is 1. The Balaban J connectivity index is 2.18. The van der Waals surface area contributed by atoms with Crippen molar-refractivity contribution < 1.29 is 27.9 Å². The summed E-state index contributed by atoms with van der Waals surface area (Å²) in [6.45, 7) is 0. The molecule has 0 aromatic heterocycles. The molecule has 0 saturated carbocycles. The van der Waals surface area contributed by atoms with Crippen LogP contribution in [0.2, 0.25) is 0 Å². The maximum absolute atomic E-state index is 13.1. The number of rotatable bonds is 7. The summed E-state index contributed by atoms with van der Waals surface area (Å²) in [5.74, 6) is -1.79. The molecule has 1 amide bonds. The molecule has 144 valence electrons. The third-order valence-electron chi connectivity index (χ3n) is 3.91. The summed E-state index contributed by atoms with van der Waals surface area (Å²) in [4.78, 5) is 24.4. The van der Waals surface area contributed by atoms with Gasteiger partial charge in [0.05, 0.1) is 24.4 Å². The SMILES string of the molecule is CSc1ccc(C(CC(=O)O)NC(=O)Cc2ccccc2C(F)(F)F)cc1. The fraction of sp³-hybridized carbons (Fsp3) is 0.263. The van der Waals surface area contributed by atoms with Crippen molar-refractivity contribution in [2.24, 2.45) is 0 Å². The number of halogens is 3. The molecular formula is C19H18F3NO3S. The van der Waals surface area contributed by atoms with Gasteiger partial charge in [-0.05, 0) is 35.6 Å². The highest BCUT2D eigenvalue weighted by Gasteiger charge is 2.33. The van der Waals surface area contributed by atoms with Gasteiger partial charge in [0.2, 0.25) is 5.91 Å². The van der Waals surface area contributed by atoms with E-state index in [4.69, 9.17) is 5.11 Å². The van der Waals surface area contributed by atoms with Crippen LogP contribution in [0.15, 0.2) is 53.4 Å². The van der Waals surface area contributed by atoms with Crippen molar-refractivity contribution in [3.8, 4) is 0 Å². The third kappa shape index (κ3) is 6.02. The van der Waals surface area contributed by atoms with Gasteiger partial charge in [-0.15, -0.1) is 11.8 Å². The molecule has 0 bridgehead atoms. The lowest BCUT2D eigenvalue weighted by Crippen LogP contribution is -2.31. The molecule has 0 fully saturated rings. The standard InChI is InChI=1S/C19H18F3NO3S/c1-27-14-8-6-12(7-9-14)16(11-18(25)26)23-17(24)10-13-4-2-3-5-15(13)19(20,21)22/h2-9,16H,10-11H2,1H3,(H,23,24)(H,25,26). The fourth-order valence-corrected chi connectivity index (χ4v) is 3.04. The Morgan fingerprint density at radius 1 is 1.11 bits per heavy atom. The van der Waals surface area contributed by atoms with E-state index in [1.165, 1.54) is 30.0 Å². The molecule has 0 spiro atoms. The van der Waals surface area contributed by atoms with Gasteiger partial charge in [0.1, 0.15) is 0 Å². The highest BCUT2D eigenvalue weighted by molar-refractivity contribution is 7.98. The van der Waals surface area contributed by atoms with E-state index in [0.717, 1.165) is 11.0 Å². The molecule has 2 aromatic rings. The van der Waals surface area contributed by atoms with E-state index in [1.54, 1.807) is 24.3 Å². The predicted molar refractivity (Wildman–Crippen MR) is 96.5 cm³/mol. The number of amides is 1. The van der Waals surface area contributed by atoms with Gasteiger partial charge in [0.25, 0.3) is 0 Å². The van der Waals surface area contributed by atoms with Crippen LogP contribution in [0.1, 0.15) is 29.2 Å². The molecule has 2 rings (SSSR count). The second kappa shape index (κ2) is 8.94. The highest BCUT2D eigenvalue weighted by Crippen LogP contribution is 2.32. The van der Waals surface area contributed by atoms with Gasteiger partial charge < -0.3 is 10.4 Å². The van der Waals surface area contributed by atoms with E-state index in [-0.39, 0.29) is 12.0 Å². The zero-order valence-corrected chi connectivity index (χ0v) is 15.2. The summed E-state index contributed by atoms with van der Waals surface area (Å²) in [6.07, 6.45) is -3.53. The van der Waals surface area contributed by atoms with Crippen LogP contribution >= 0.6 is 11.8 Å². The number of hydrogen-bond donors (Lipinski definition) is 2. The second-order valence-electron chi connectivity index (χ2n) is 5.82. The van der Waals surface area contributed by atoms with Gasteiger partial charge in [-0.1, -0.05) is 30.3 Å². The number of thioether (sulfide) groups is 1. The molecule has 0 aliphatic carbocycles. The van der Waals surface area contributed by atoms with Gasteiger partial charge >= 0.3 is 12.1 Å². The third-order valence-corrected chi connectivity index (χ3v) is 4.65. The van der Waals surface area contributed by atoms with Gasteiger partial charge in [-0.2, -0.15) is 13.2 Å². The molecule has 0 heterocycles. The summed E-state index contributed by atoms with van der Waals surface area (Å²) >= 11 is 1.51. The molecular weight excluding hydrogens is 379 g/mol. The smallest absolute Gasteiger partial charge is 0.416 e. The van der Waals surface area contributed by atoms with E-state index in [9.17, 15) is 22.8 Å². The average Bonchev–Trinajstić information content (AvgIpc) is 2.60. The zero-order valence-electron chi connectivity index (χ0n) is 14.4. The van der Waals surface area contributed by atoms with Gasteiger partial charge in [0, 0.05) is 4.90 Å². The quantitative estimate of drug-likeness (QED) is 0.684. The molecule has 2 N–H and O–H groups in total. The first-order valence-electron chi connectivity index (χ1n) is 8.01. The number of aliphatic carboxylic acids is 1. The van der Waals surface area contributed by atoms with E-state index >= 15 is 0 Å². The Hall–Kier alpha value is -2.48. The van der Waals surface area contributed by atoms with Crippen molar-refractivity contribution in [1.29, 1.82) is 0 Å². The Morgan fingerprint density at radius 3 is 2.30 bits per heavy atom. The van der Waals surface area contributed by atoms with Crippen molar-refractivity contribution in [2.45, 2.75) is 30.0 Å². The van der Waals surface area contributed by atoms with Crippen LogP contribution in [0.5, 0.6) is 0 Å². The van der Waals surface area contributed by atoms with Crippen molar-refractivity contribution in [2.75, 3.05) is 6.26 Å². The number of nitrogens with one attached hydrogen (secondary N) is 1. The summed E-state index contributed by atoms with van der Waals surface area (Å²) in [6, 6.07) is 11.0. The first-order valence-corrected chi connectivity index (χ1v) is 9.23. The molecule has 8 heteroatoms. The zero-order chi connectivity index (χ0) is 20.0. The lowest BCUT2D eigenvalue weighted by molar-refractivity contribution is -0.138. The number of alkyl halides is 3. The largest absolute Gasteiger partial charge is 0.481 e. The Kier molecular flexibility index (Phi) is 6.90. The molecule has 27 heavy (non-hydrogen) atoms. The summed E-state index contributed by atoms with van der Waals surface area (Å²) in [5.41, 5.74) is -0.457. The van der Waals surface area contributed by atoms with E-state index in [0.29, 0.717) is 5.56 Å². The first kappa shape index (κ1) is 20.8. The minimum absolute atomic E-state index is 0.158. The maximum atomic E-state index is 13.1. The van der Waals surface area contributed by atoms with Crippen LogP contribution in [0, 0.1) is 0 Å². The van der Waals surface area contributed by atoms with Crippen LogP contribution in [0.4, 0.5) is 13.2 Å². The Labute approximate surface area is 158 Å². The molecule has 0 saturated heterocycles. The number of carboxylic acid groups (broad SMARTS) is 1. The lowest BCUT2D eigenvalue weighted by atomic mass is 10.0. The van der Waals surface area contributed by atoms with Crippen LogP contribution in [0.3, 0.4) is 0 Å². The maximum Gasteiger partial charge on any atom is 0.416 e. The Morgan fingerprint density at radius 2 is 1.74 bits per heavy atom. The van der Waals surface area contributed by atoms with Crippen molar-refractivity contribution >= 4 is 23.6 Å². The number of benzene rings is 2. The van der Waals surface area contributed by atoms with Crippen LogP contribution < -0.4 is 5.32 Å². The predicted octanol–water partition coefficient (Wildman–Crippen LogP) is 4.30. The molecule has 0 radical (unpaired) electrons. The summed E-state index contributed by atoms with van der Waals surface area (Å²) < 4.78 is 39.2. The van der Waals surface area contributed by atoms with Crippen LogP contribution in [-0.4, -0.2) is 23.2 Å². The second-order valence-corrected chi connectivity index (χ2v) is 6.70. The molecule has 1 unspecified atom stereocenters. The highest BCUT2D eigenvalue weighted by atomic mass is 32.2. The van der Waals surface area contributed by atoms with E-state index in [1.807, 2.05) is 6.26 Å². The fourth-order valence-electron chi connectivity index (χ4n) is 2.63. The normalized spacial score (nSPS) is 12.4. The summed E-state index contributed by atoms with van der Waals surface area (Å²) in [5, 5.41) is 11.6. The van der Waals surface area contributed by atoms with Crippen molar-refractivity contribution in [3.63, 3.8) is 0 Å². The summed E-state index contributed by atoms with van der Waals surface area (Å²) in [7, 11) is 0. The molecule has 2 aromatic carbocycles. The molecule has 0 aliphatic heterocycles. The van der Waals surface area contributed by atoms with Crippen LogP contribution in [0.25, 0.3) is 0 Å². The average molecular weight is 397 g/mol. The molecule has 4 nitrogen and oxygen atoms in total. The Bertz CT molecular complexity index is 807. The van der Waals surface area contributed by atoms with E-state index < -0.39 is 36.1 Å². The number of hydrogen-bond acceptors (Lipinski definition) is 3.